The van der Waals surface area contributed by atoms with Crippen LogP contribution in [0.1, 0.15) is 0 Å². The Bertz CT molecular complexity index is 209. The van der Waals surface area contributed by atoms with Crippen LogP contribution < -0.4 is 9.20 Å². The summed E-state index contributed by atoms with van der Waals surface area (Å²) in [5.41, 5.74) is 0. The van der Waals surface area contributed by atoms with Gasteiger partial charge in [0.25, 0.3) is 0 Å². The van der Waals surface area contributed by atoms with E-state index < -0.39 is 0 Å². The molecule has 0 saturated carbocycles. The topological polar surface area (TPSA) is 9.23 Å². The summed E-state index contributed by atoms with van der Waals surface area (Å²) in [4.78, 5) is 0. The van der Waals surface area contributed by atoms with Gasteiger partial charge in [0.2, 0.25) is 0 Å². The van der Waals surface area contributed by atoms with Crippen LogP contribution in [0.25, 0.3) is 0 Å². The maximum absolute atomic E-state index is 5.44. The van der Waals surface area contributed by atoms with E-state index in [4.69, 9.17) is 4.74 Å². The van der Waals surface area contributed by atoms with Gasteiger partial charge in [-0.2, -0.15) is 0 Å². The van der Waals surface area contributed by atoms with Crippen LogP contribution in [0.2, 0.25) is 5.32 Å². The predicted octanol–water partition coefficient (Wildman–Crippen LogP) is 0.827. The third-order valence-corrected chi connectivity index (χ3v) is 3.59. The van der Waals surface area contributed by atoms with Gasteiger partial charge in [0, 0.05) is 0 Å². The maximum atomic E-state index is 5.44. The van der Waals surface area contributed by atoms with E-state index in [-0.39, 0.29) is 0 Å². The van der Waals surface area contributed by atoms with Crippen molar-refractivity contribution in [2.75, 3.05) is 6.61 Å². The predicted molar refractivity (Wildman–Crippen MR) is 42.1 cm³/mol. The van der Waals surface area contributed by atoms with E-state index in [0.717, 1.165) is 12.4 Å². The second kappa shape index (κ2) is 2.65. The molecule has 0 spiro atoms. The van der Waals surface area contributed by atoms with Gasteiger partial charge in [-0.25, -0.2) is 0 Å². The third-order valence-electron chi connectivity index (χ3n) is 1.45. The quantitative estimate of drug-likeness (QED) is 0.562. The van der Waals surface area contributed by atoms with Crippen LogP contribution in [-0.2, 0) is 0 Å². The SMILES string of the molecule is c1ccc2c(c1)OCC[Se]2. The minimum absolute atomic E-state index is 0.662. The Morgan fingerprint density at radius 3 is 3.10 bits per heavy atom. The van der Waals surface area contributed by atoms with Crippen molar-refractivity contribution < 1.29 is 4.74 Å². The fourth-order valence-corrected chi connectivity index (χ4v) is 2.73. The number of benzene rings is 1. The van der Waals surface area contributed by atoms with Crippen molar-refractivity contribution in [1.82, 2.24) is 0 Å². The van der Waals surface area contributed by atoms with E-state index in [1.165, 1.54) is 9.78 Å². The Labute approximate surface area is 66.5 Å². The molecular weight excluding hydrogens is 191 g/mol. The first-order valence-electron chi connectivity index (χ1n) is 3.31. The number of fused-ring (bicyclic) bond motifs is 1. The molecule has 1 aromatic carbocycles. The summed E-state index contributed by atoms with van der Waals surface area (Å²) in [5, 5.41) is 1.23. The molecule has 0 N–H and O–H groups in total. The summed E-state index contributed by atoms with van der Waals surface area (Å²) >= 11 is 0.662. The molecule has 2 rings (SSSR count). The average Bonchev–Trinajstić information content (AvgIpc) is 2.05. The van der Waals surface area contributed by atoms with Gasteiger partial charge in [0.15, 0.2) is 0 Å². The second-order valence-corrected chi connectivity index (χ2v) is 4.53. The van der Waals surface area contributed by atoms with Crippen LogP contribution in [-0.4, -0.2) is 21.6 Å². The molecule has 10 heavy (non-hydrogen) atoms. The van der Waals surface area contributed by atoms with Gasteiger partial charge in [0.1, 0.15) is 0 Å². The molecule has 1 aromatic rings. The summed E-state index contributed by atoms with van der Waals surface area (Å²) < 4.78 is 6.86. The molecule has 0 atom stereocenters. The molecule has 0 amide bonds. The molecule has 1 heterocycles. The summed E-state index contributed by atoms with van der Waals surface area (Å²) in [5.74, 6) is 1.11. The first-order valence-corrected chi connectivity index (χ1v) is 5.38. The monoisotopic (exact) mass is 200 g/mol. The first-order chi connectivity index (χ1) is 4.97. The van der Waals surface area contributed by atoms with Gasteiger partial charge in [-0.3, -0.25) is 0 Å². The standard InChI is InChI=1S/C8H8OSe/c1-2-4-8-7(3-1)9-5-6-10-8/h1-4H,5-6H2. The summed E-state index contributed by atoms with van der Waals surface area (Å²) in [6.45, 7) is 0.914. The van der Waals surface area contributed by atoms with E-state index in [9.17, 15) is 0 Å². The van der Waals surface area contributed by atoms with Gasteiger partial charge in [-0.05, 0) is 0 Å². The van der Waals surface area contributed by atoms with Gasteiger partial charge >= 0.3 is 66.1 Å². The Morgan fingerprint density at radius 2 is 2.20 bits per heavy atom. The number of para-hydroxylation sites is 1. The van der Waals surface area contributed by atoms with Gasteiger partial charge < -0.3 is 0 Å². The molecule has 1 aliphatic heterocycles. The number of hydrogen-bond donors (Lipinski definition) is 0. The summed E-state index contributed by atoms with van der Waals surface area (Å²) in [6.07, 6.45) is 0. The van der Waals surface area contributed by atoms with Gasteiger partial charge in [-0.15, -0.1) is 0 Å². The van der Waals surface area contributed by atoms with E-state index in [0.29, 0.717) is 15.0 Å². The molecule has 0 unspecified atom stereocenters. The van der Waals surface area contributed by atoms with Crippen LogP contribution >= 0.6 is 0 Å². The average molecular weight is 199 g/mol. The van der Waals surface area contributed by atoms with E-state index in [1.807, 2.05) is 6.07 Å². The van der Waals surface area contributed by atoms with Crippen molar-refractivity contribution in [1.29, 1.82) is 0 Å². The number of ether oxygens (including phenoxy) is 1. The zero-order valence-corrected chi connectivity index (χ0v) is 7.25. The van der Waals surface area contributed by atoms with Gasteiger partial charge in [-0.1, -0.05) is 0 Å². The van der Waals surface area contributed by atoms with E-state index in [2.05, 4.69) is 18.2 Å². The molecule has 2 heteroatoms. The van der Waals surface area contributed by atoms with Crippen LogP contribution in [0.5, 0.6) is 5.75 Å². The molecule has 0 bridgehead atoms. The molecule has 1 aliphatic rings. The van der Waals surface area contributed by atoms with Gasteiger partial charge in [0.05, 0.1) is 0 Å². The normalized spacial score (nSPS) is 15.6. The molecule has 1 nitrogen and oxygen atoms in total. The molecule has 0 aliphatic carbocycles. The second-order valence-electron chi connectivity index (χ2n) is 2.14. The van der Waals surface area contributed by atoms with Crippen LogP contribution in [0.15, 0.2) is 24.3 Å². The molecule has 52 valence electrons. The molecule has 0 saturated heterocycles. The first kappa shape index (κ1) is 6.26. The Kier molecular flexibility index (Phi) is 1.66. The molecule has 0 fully saturated rings. The Morgan fingerprint density at radius 1 is 1.30 bits per heavy atom. The van der Waals surface area contributed by atoms with E-state index in [1.54, 1.807) is 0 Å². The van der Waals surface area contributed by atoms with Crippen molar-refractivity contribution in [2.45, 2.75) is 5.32 Å². The van der Waals surface area contributed by atoms with Crippen LogP contribution in [0.4, 0.5) is 0 Å². The van der Waals surface area contributed by atoms with Crippen LogP contribution in [0, 0.1) is 0 Å². The molecule has 0 aromatic heterocycles. The van der Waals surface area contributed by atoms with Crippen molar-refractivity contribution in [3.63, 3.8) is 0 Å². The zero-order valence-electron chi connectivity index (χ0n) is 5.54. The molecular formula is C8H8OSe. The summed E-state index contributed by atoms with van der Waals surface area (Å²) in [6, 6.07) is 8.32. The third kappa shape index (κ3) is 1.05. The van der Waals surface area contributed by atoms with Crippen LogP contribution in [0.3, 0.4) is 0 Å². The minimum atomic E-state index is 0.662. The fraction of sp³-hybridized carbons (Fsp3) is 0.250. The van der Waals surface area contributed by atoms with Crippen molar-refractivity contribution >= 4 is 19.4 Å². The Balaban J connectivity index is 2.41. The Hall–Kier alpha value is -0.461. The molecule has 0 radical (unpaired) electrons. The summed E-state index contributed by atoms with van der Waals surface area (Å²) in [7, 11) is 0. The zero-order chi connectivity index (χ0) is 6.81. The van der Waals surface area contributed by atoms with E-state index >= 15 is 0 Å². The van der Waals surface area contributed by atoms with Crippen molar-refractivity contribution in [3.8, 4) is 5.75 Å². The van der Waals surface area contributed by atoms with Crippen molar-refractivity contribution in [2.24, 2.45) is 0 Å². The van der Waals surface area contributed by atoms with Crippen molar-refractivity contribution in [3.05, 3.63) is 24.3 Å². The fourth-order valence-electron chi connectivity index (χ4n) is 0.992. The number of rotatable bonds is 0. The number of hydrogen-bond acceptors (Lipinski definition) is 1.